The van der Waals surface area contributed by atoms with E-state index in [0.717, 1.165) is 10.4 Å². The molecule has 0 aliphatic carbocycles. The Kier molecular flexibility index (Phi) is 4.94. The molecule has 0 aromatic carbocycles. The zero-order valence-electron chi connectivity index (χ0n) is 8.76. The zero-order valence-corrected chi connectivity index (χ0v) is 10.3. The minimum atomic E-state index is 0.497. The summed E-state index contributed by atoms with van der Waals surface area (Å²) in [5.41, 5.74) is 0. The molecule has 0 aliphatic heterocycles. The molecule has 0 bridgehead atoms. The predicted octanol–water partition coefficient (Wildman–Crippen LogP) is 3.83. The number of nitrogens with zero attached hydrogens (tertiary/aromatic N) is 1. The molecule has 14 heavy (non-hydrogen) atoms. The van der Waals surface area contributed by atoms with Gasteiger partial charge in [0.05, 0.1) is 0 Å². The summed E-state index contributed by atoms with van der Waals surface area (Å²) in [5, 5.41) is 3.38. The lowest BCUT2D eigenvalue weighted by Gasteiger charge is -2.13. The Morgan fingerprint density at radius 1 is 1.50 bits per heavy atom. The van der Waals surface area contributed by atoms with Crippen LogP contribution in [0.1, 0.15) is 33.1 Å². The van der Waals surface area contributed by atoms with E-state index in [1.54, 1.807) is 0 Å². The number of aromatic nitrogens is 1. The molecule has 0 radical (unpaired) electrons. The van der Waals surface area contributed by atoms with Gasteiger partial charge in [0.2, 0.25) is 0 Å². The highest BCUT2D eigenvalue weighted by Gasteiger charge is 2.01. The molecule has 3 heteroatoms. The van der Waals surface area contributed by atoms with E-state index in [1.165, 1.54) is 19.3 Å². The third-order valence-electron chi connectivity index (χ3n) is 2.10. The first kappa shape index (κ1) is 11.5. The van der Waals surface area contributed by atoms with Crippen molar-refractivity contribution >= 4 is 21.7 Å². The average Bonchev–Trinajstić information content (AvgIpc) is 2.15. The fourth-order valence-electron chi connectivity index (χ4n) is 1.32. The van der Waals surface area contributed by atoms with E-state index >= 15 is 0 Å². The van der Waals surface area contributed by atoms with E-state index in [4.69, 9.17) is 0 Å². The Bertz CT molecular complexity index is 276. The Hall–Kier alpha value is -0.570. The van der Waals surface area contributed by atoms with Gasteiger partial charge in [0.25, 0.3) is 0 Å². The second kappa shape index (κ2) is 6.02. The van der Waals surface area contributed by atoms with Gasteiger partial charge in [-0.3, -0.25) is 0 Å². The van der Waals surface area contributed by atoms with E-state index < -0.39 is 0 Å². The summed E-state index contributed by atoms with van der Waals surface area (Å²) >= 11 is 3.35. The Labute approximate surface area is 94.3 Å². The van der Waals surface area contributed by atoms with Gasteiger partial charge in [-0.1, -0.05) is 25.8 Å². The van der Waals surface area contributed by atoms with Crippen LogP contribution in [-0.4, -0.2) is 11.0 Å². The Balaban J connectivity index is 2.43. The van der Waals surface area contributed by atoms with E-state index in [1.807, 2.05) is 18.2 Å². The maximum atomic E-state index is 4.33. The maximum absolute atomic E-state index is 4.33. The predicted molar refractivity (Wildman–Crippen MR) is 64.5 cm³/mol. The van der Waals surface area contributed by atoms with Crippen LogP contribution in [0.4, 0.5) is 5.82 Å². The van der Waals surface area contributed by atoms with Crippen molar-refractivity contribution in [3.8, 4) is 0 Å². The van der Waals surface area contributed by atoms with Crippen molar-refractivity contribution in [2.24, 2.45) is 0 Å². The molecule has 1 heterocycles. The summed E-state index contributed by atoms with van der Waals surface area (Å²) in [7, 11) is 0. The molecule has 0 spiro atoms. The van der Waals surface area contributed by atoms with Crippen molar-refractivity contribution in [2.75, 3.05) is 5.32 Å². The smallest absolute Gasteiger partial charge is 0.127 e. The van der Waals surface area contributed by atoms with Crippen LogP contribution in [0.25, 0.3) is 0 Å². The first-order valence-corrected chi connectivity index (χ1v) is 5.90. The van der Waals surface area contributed by atoms with E-state index in [0.29, 0.717) is 6.04 Å². The number of hydrogen-bond donors (Lipinski definition) is 1. The molecular formula is C11H17BrN2. The Morgan fingerprint density at radius 2 is 2.29 bits per heavy atom. The van der Waals surface area contributed by atoms with Crippen molar-refractivity contribution in [2.45, 2.75) is 39.2 Å². The number of unbranched alkanes of at least 4 members (excludes halogenated alkanes) is 1. The zero-order chi connectivity index (χ0) is 10.4. The van der Waals surface area contributed by atoms with Gasteiger partial charge >= 0.3 is 0 Å². The molecule has 1 N–H and O–H groups in total. The van der Waals surface area contributed by atoms with Gasteiger partial charge in [-0.2, -0.15) is 0 Å². The van der Waals surface area contributed by atoms with Gasteiger partial charge in [-0.15, -0.1) is 0 Å². The molecule has 0 aliphatic rings. The highest BCUT2D eigenvalue weighted by Crippen LogP contribution is 2.12. The van der Waals surface area contributed by atoms with Gasteiger partial charge in [0, 0.05) is 6.04 Å². The molecule has 0 saturated carbocycles. The van der Waals surface area contributed by atoms with Crippen molar-refractivity contribution in [3.05, 3.63) is 22.8 Å². The van der Waals surface area contributed by atoms with Crippen LogP contribution in [0.15, 0.2) is 22.8 Å². The number of rotatable bonds is 5. The van der Waals surface area contributed by atoms with Crippen LogP contribution in [0.3, 0.4) is 0 Å². The fourth-order valence-corrected chi connectivity index (χ4v) is 1.67. The monoisotopic (exact) mass is 256 g/mol. The van der Waals surface area contributed by atoms with Crippen LogP contribution in [-0.2, 0) is 0 Å². The minimum Gasteiger partial charge on any atom is -0.368 e. The van der Waals surface area contributed by atoms with Gasteiger partial charge in [0.1, 0.15) is 10.4 Å². The first-order valence-electron chi connectivity index (χ1n) is 5.11. The third kappa shape index (κ3) is 4.09. The largest absolute Gasteiger partial charge is 0.368 e. The van der Waals surface area contributed by atoms with Crippen LogP contribution in [0.5, 0.6) is 0 Å². The van der Waals surface area contributed by atoms with Crippen molar-refractivity contribution < 1.29 is 0 Å². The first-order chi connectivity index (χ1) is 6.72. The molecule has 78 valence electrons. The molecule has 1 atom stereocenters. The quantitative estimate of drug-likeness (QED) is 0.811. The summed E-state index contributed by atoms with van der Waals surface area (Å²) in [5.74, 6) is 0.947. The number of nitrogens with one attached hydrogen (secondary N) is 1. The molecule has 1 aromatic heterocycles. The average molecular weight is 257 g/mol. The van der Waals surface area contributed by atoms with Gasteiger partial charge in [-0.05, 0) is 41.4 Å². The highest BCUT2D eigenvalue weighted by atomic mass is 79.9. The summed E-state index contributed by atoms with van der Waals surface area (Å²) in [6, 6.07) is 6.41. The van der Waals surface area contributed by atoms with Crippen molar-refractivity contribution in [1.82, 2.24) is 4.98 Å². The summed E-state index contributed by atoms with van der Waals surface area (Å²) in [6.45, 7) is 4.41. The standard InChI is InChI=1S/C11H17BrN2/c1-3-4-6-9(2)13-11-8-5-7-10(12)14-11/h5,7-9H,3-4,6H2,1-2H3,(H,13,14). The van der Waals surface area contributed by atoms with Crippen molar-refractivity contribution in [1.29, 1.82) is 0 Å². The lowest BCUT2D eigenvalue weighted by Crippen LogP contribution is -2.15. The second-order valence-corrected chi connectivity index (χ2v) is 4.35. The number of halogens is 1. The molecule has 0 saturated heterocycles. The molecule has 1 rings (SSSR count). The van der Waals surface area contributed by atoms with E-state index in [9.17, 15) is 0 Å². The van der Waals surface area contributed by atoms with Crippen molar-refractivity contribution in [3.63, 3.8) is 0 Å². The SMILES string of the molecule is CCCCC(C)Nc1cccc(Br)n1. The molecular weight excluding hydrogens is 240 g/mol. The highest BCUT2D eigenvalue weighted by molar-refractivity contribution is 9.10. The second-order valence-electron chi connectivity index (χ2n) is 3.53. The van der Waals surface area contributed by atoms with E-state index in [-0.39, 0.29) is 0 Å². The molecule has 0 amide bonds. The summed E-state index contributed by atoms with van der Waals surface area (Å²) < 4.78 is 0.880. The topological polar surface area (TPSA) is 24.9 Å². The van der Waals surface area contributed by atoms with Crippen LogP contribution in [0, 0.1) is 0 Å². The lowest BCUT2D eigenvalue weighted by atomic mass is 10.1. The number of pyridine rings is 1. The van der Waals surface area contributed by atoms with Crippen LogP contribution < -0.4 is 5.32 Å². The summed E-state index contributed by atoms with van der Waals surface area (Å²) in [4.78, 5) is 4.33. The fraction of sp³-hybridized carbons (Fsp3) is 0.545. The third-order valence-corrected chi connectivity index (χ3v) is 2.54. The van der Waals surface area contributed by atoms with Crippen LogP contribution in [0.2, 0.25) is 0 Å². The number of anilines is 1. The molecule has 1 aromatic rings. The Morgan fingerprint density at radius 3 is 2.93 bits per heavy atom. The van der Waals surface area contributed by atoms with E-state index in [2.05, 4.69) is 40.1 Å². The number of hydrogen-bond acceptors (Lipinski definition) is 2. The summed E-state index contributed by atoms with van der Waals surface area (Å²) in [6.07, 6.45) is 3.71. The molecule has 1 unspecified atom stereocenters. The lowest BCUT2D eigenvalue weighted by molar-refractivity contribution is 0.643. The maximum Gasteiger partial charge on any atom is 0.127 e. The molecule has 0 fully saturated rings. The van der Waals surface area contributed by atoms with Crippen LogP contribution >= 0.6 is 15.9 Å². The van der Waals surface area contributed by atoms with Gasteiger partial charge in [0.15, 0.2) is 0 Å². The minimum absolute atomic E-state index is 0.497. The molecule has 2 nitrogen and oxygen atoms in total. The van der Waals surface area contributed by atoms with Gasteiger partial charge < -0.3 is 5.32 Å². The normalized spacial score (nSPS) is 12.5. The van der Waals surface area contributed by atoms with Gasteiger partial charge in [-0.25, -0.2) is 4.98 Å².